The first-order valence-corrected chi connectivity index (χ1v) is 11.2. The van der Waals surface area contributed by atoms with Crippen LogP contribution in [0, 0.1) is 6.92 Å². The summed E-state index contributed by atoms with van der Waals surface area (Å²) in [6.07, 6.45) is 0. The lowest BCUT2D eigenvalue weighted by Crippen LogP contribution is -2.00. The average Bonchev–Trinajstić information content (AvgIpc) is 3.19. The van der Waals surface area contributed by atoms with E-state index < -0.39 is 0 Å². The number of nitrogens with zero attached hydrogens (tertiary/aromatic N) is 4. The summed E-state index contributed by atoms with van der Waals surface area (Å²) >= 11 is 5.03. The summed E-state index contributed by atoms with van der Waals surface area (Å²) in [7, 11) is 4.78. The maximum Gasteiger partial charge on any atom is 0.253 e. The topological polar surface area (TPSA) is 70.8 Å². The van der Waals surface area contributed by atoms with Crippen molar-refractivity contribution in [3.05, 3.63) is 58.2 Å². The highest BCUT2D eigenvalue weighted by Gasteiger charge is 2.18. The van der Waals surface area contributed by atoms with Crippen LogP contribution in [0.1, 0.15) is 11.3 Å². The molecule has 0 bridgehead atoms. The Labute approximate surface area is 192 Å². The SMILES string of the molecule is COc1cc(-c2cc(C)nc3nc(SCc4ccc(Br)cc4)nn23)cc(OC)c1OC. The van der Waals surface area contributed by atoms with E-state index in [4.69, 9.17) is 19.3 Å². The van der Waals surface area contributed by atoms with Crippen molar-refractivity contribution in [3.8, 4) is 28.5 Å². The number of thioether (sulfide) groups is 1. The third-order valence-electron chi connectivity index (χ3n) is 4.66. The minimum Gasteiger partial charge on any atom is -0.493 e. The van der Waals surface area contributed by atoms with Gasteiger partial charge in [0.25, 0.3) is 5.78 Å². The summed E-state index contributed by atoms with van der Waals surface area (Å²) in [5.41, 5.74) is 3.73. The number of hydrogen-bond acceptors (Lipinski definition) is 7. The third kappa shape index (κ3) is 4.47. The molecule has 0 N–H and O–H groups in total. The van der Waals surface area contributed by atoms with E-state index in [9.17, 15) is 0 Å². The Hall–Kier alpha value is -2.78. The van der Waals surface area contributed by atoms with E-state index in [0.717, 1.165) is 27.2 Å². The molecule has 7 nitrogen and oxygen atoms in total. The first-order valence-electron chi connectivity index (χ1n) is 9.44. The van der Waals surface area contributed by atoms with Crippen molar-refractivity contribution in [3.63, 3.8) is 0 Å². The molecule has 4 rings (SSSR count). The molecule has 2 aromatic carbocycles. The molecule has 0 fully saturated rings. The molecule has 160 valence electrons. The molecule has 0 saturated heterocycles. The van der Waals surface area contributed by atoms with Gasteiger partial charge in [-0.25, -0.2) is 4.98 Å². The van der Waals surface area contributed by atoms with E-state index in [-0.39, 0.29) is 0 Å². The summed E-state index contributed by atoms with van der Waals surface area (Å²) in [5.74, 6) is 3.00. The zero-order chi connectivity index (χ0) is 22.0. The normalized spacial score (nSPS) is 11.0. The van der Waals surface area contributed by atoms with Gasteiger partial charge < -0.3 is 14.2 Å². The molecule has 0 aliphatic rings. The second-order valence-corrected chi connectivity index (χ2v) is 8.58. The highest BCUT2D eigenvalue weighted by Crippen LogP contribution is 2.41. The molecule has 2 heterocycles. The first-order chi connectivity index (χ1) is 15.0. The van der Waals surface area contributed by atoms with Crippen molar-refractivity contribution in [2.75, 3.05) is 21.3 Å². The Kier molecular flexibility index (Phi) is 6.33. The van der Waals surface area contributed by atoms with Crippen LogP contribution >= 0.6 is 27.7 Å². The zero-order valence-electron chi connectivity index (χ0n) is 17.5. The Balaban J connectivity index is 1.74. The quantitative estimate of drug-likeness (QED) is 0.323. The smallest absolute Gasteiger partial charge is 0.253 e. The van der Waals surface area contributed by atoms with Crippen LogP contribution in [0.4, 0.5) is 0 Å². The molecule has 0 saturated carbocycles. The van der Waals surface area contributed by atoms with Gasteiger partial charge >= 0.3 is 0 Å². The number of halogens is 1. The fourth-order valence-corrected chi connectivity index (χ4v) is 4.23. The molecular weight excluding hydrogens is 480 g/mol. The first kappa shape index (κ1) is 21.5. The molecule has 0 amide bonds. The van der Waals surface area contributed by atoms with E-state index in [1.165, 1.54) is 5.56 Å². The van der Waals surface area contributed by atoms with E-state index in [0.29, 0.717) is 28.2 Å². The highest BCUT2D eigenvalue weighted by molar-refractivity contribution is 9.10. The summed E-state index contributed by atoms with van der Waals surface area (Å²) in [6.45, 7) is 1.94. The number of fused-ring (bicyclic) bond motifs is 1. The maximum absolute atomic E-state index is 5.51. The lowest BCUT2D eigenvalue weighted by Gasteiger charge is -2.14. The fourth-order valence-electron chi connectivity index (χ4n) is 3.19. The van der Waals surface area contributed by atoms with Gasteiger partial charge in [0.1, 0.15) is 0 Å². The van der Waals surface area contributed by atoms with Crippen molar-refractivity contribution in [2.24, 2.45) is 0 Å². The average molecular weight is 501 g/mol. The molecule has 9 heteroatoms. The van der Waals surface area contributed by atoms with Gasteiger partial charge in [0.05, 0.1) is 27.0 Å². The van der Waals surface area contributed by atoms with Crippen LogP contribution in [0.15, 0.2) is 52.1 Å². The number of hydrogen-bond donors (Lipinski definition) is 0. The van der Waals surface area contributed by atoms with E-state index in [1.807, 2.05) is 37.3 Å². The van der Waals surface area contributed by atoms with Gasteiger partial charge in [-0.05, 0) is 42.8 Å². The van der Waals surface area contributed by atoms with E-state index in [2.05, 4.69) is 38.0 Å². The van der Waals surface area contributed by atoms with E-state index in [1.54, 1.807) is 37.6 Å². The lowest BCUT2D eigenvalue weighted by atomic mass is 10.1. The Morgan fingerprint density at radius 1 is 0.935 bits per heavy atom. The molecule has 2 aromatic heterocycles. The van der Waals surface area contributed by atoms with Crippen molar-refractivity contribution in [2.45, 2.75) is 17.8 Å². The predicted octanol–water partition coefficient (Wildman–Crippen LogP) is 5.18. The molecule has 0 aliphatic heterocycles. The number of rotatable bonds is 7. The van der Waals surface area contributed by atoms with Gasteiger partial charge in [-0.3, -0.25) is 0 Å². The van der Waals surface area contributed by atoms with Gasteiger partial charge in [0, 0.05) is 21.5 Å². The second-order valence-electron chi connectivity index (χ2n) is 6.72. The summed E-state index contributed by atoms with van der Waals surface area (Å²) in [6, 6.07) is 14.0. The Morgan fingerprint density at radius 3 is 2.23 bits per heavy atom. The fraction of sp³-hybridized carbons (Fsp3) is 0.227. The standard InChI is InChI=1S/C22H21BrN4O3S/c1-13-9-17(15-10-18(28-2)20(30-4)19(11-15)29-3)27-21(24-13)25-22(26-27)31-12-14-5-7-16(23)8-6-14/h5-11H,12H2,1-4H3. The van der Waals surface area contributed by atoms with Gasteiger partial charge in [-0.1, -0.05) is 39.8 Å². The number of methoxy groups -OCH3 is 3. The minimum atomic E-state index is 0.542. The molecule has 31 heavy (non-hydrogen) atoms. The summed E-state index contributed by atoms with van der Waals surface area (Å²) in [5, 5.41) is 5.36. The van der Waals surface area contributed by atoms with Crippen molar-refractivity contribution in [1.29, 1.82) is 0 Å². The summed E-state index contributed by atoms with van der Waals surface area (Å²) < 4.78 is 19.3. The van der Waals surface area contributed by atoms with Crippen LogP contribution in [0.3, 0.4) is 0 Å². The third-order valence-corrected chi connectivity index (χ3v) is 6.10. The lowest BCUT2D eigenvalue weighted by molar-refractivity contribution is 0.324. The van der Waals surface area contributed by atoms with Crippen molar-refractivity contribution in [1.82, 2.24) is 19.6 Å². The maximum atomic E-state index is 5.51. The van der Waals surface area contributed by atoms with Crippen LogP contribution in [0.2, 0.25) is 0 Å². The molecule has 0 aliphatic carbocycles. The Bertz CT molecular complexity index is 1200. The van der Waals surface area contributed by atoms with Gasteiger partial charge in [0.2, 0.25) is 10.9 Å². The highest BCUT2D eigenvalue weighted by atomic mass is 79.9. The van der Waals surface area contributed by atoms with Crippen LogP contribution in [0.5, 0.6) is 17.2 Å². The predicted molar refractivity (Wildman–Crippen MR) is 124 cm³/mol. The zero-order valence-corrected chi connectivity index (χ0v) is 20.0. The van der Waals surface area contributed by atoms with Crippen LogP contribution in [-0.4, -0.2) is 40.9 Å². The largest absolute Gasteiger partial charge is 0.493 e. The Morgan fingerprint density at radius 2 is 1.61 bits per heavy atom. The molecule has 0 unspecified atom stereocenters. The molecule has 4 aromatic rings. The monoisotopic (exact) mass is 500 g/mol. The number of ether oxygens (including phenoxy) is 3. The van der Waals surface area contributed by atoms with Gasteiger partial charge in [-0.15, -0.1) is 5.10 Å². The molecular formula is C22H21BrN4O3S. The molecule has 0 radical (unpaired) electrons. The molecule has 0 atom stereocenters. The van der Waals surface area contributed by atoms with E-state index >= 15 is 0 Å². The van der Waals surface area contributed by atoms with Crippen molar-refractivity contribution >= 4 is 33.5 Å². The summed E-state index contributed by atoms with van der Waals surface area (Å²) in [4.78, 5) is 9.17. The number of benzene rings is 2. The number of aromatic nitrogens is 4. The van der Waals surface area contributed by atoms with Crippen LogP contribution in [-0.2, 0) is 5.75 Å². The number of aryl methyl sites for hydroxylation is 1. The van der Waals surface area contributed by atoms with Crippen LogP contribution < -0.4 is 14.2 Å². The van der Waals surface area contributed by atoms with Crippen molar-refractivity contribution < 1.29 is 14.2 Å². The minimum absolute atomic E-state index is 0.542. The van der Waals surface area contributed by atoms with Crippen LogP contribution in [0.25, 0.3) is 17.0 Å². The molecule has 0 spiro atoms. The second kappa shape index (κ2) is 9.15. The van der Waals surface area contributed by atoms with Gasteiger partial charge in [0.15, 0.2) is 11.5 Å². The van der Waals surface area contributed by atoms with Gasteiger partial charge in [-0.2, -0.15) is 9.50 Å².